The molecule has 1 aliphatic carbocycles. The Hall–Kier alpha value is 0.310. The van der Waals surface area contributed by atoms with Gasteiger partial charge in [0.05, 0.1) is 0 Å². The molecule has 1 N–H and O–H groups in total. The highest BCUT2D eigenvalue weighted by molar-refractivity contribution is 7.98. The van der Waals surface area contributed by atoms with Crippen LogP contribution in [0, 0.1) is 11.8 Å². The van der Waals surface area contributed by atoms with E-state index in [0.717, 1.165) is 11.8 Å². The first-order valence-corrected chi connectivity index (χ1v) is 7.45. The average molecular weight is 215 g/mol. The van der Waals surface area contributed by atoms with Crippen LogP contribution in [0.1, 0.15) is 39.0 Å². The van der Waals surface area contributed by atoms with Gasteiger partial charge >= 0.3 is 0 Å². The summed E-state index contributed by atoms with van der Waals surface area (Å²) in [6.45, 7) is 4.79. The van der Waals surface area contributed by atoms with Crippen molar-refractivity contribution in [2.45, 2.75) is 39.0 Å². The van der Waals surface area contributed by atoms with E-state index in [1.54, 1.807) is 0 Å². The van der Waals surface area contributed by atoms with E-state index in [1.165, 1.54) is 50.9 Å². The van der Waals surface area contributed by atoms with E-state index in [0.29, 0.717) is 0 Å². The van der Waals surface area contributed by atoms with E-state index in [-0.39, 0.29) is 0 Å². The minimum absolute atomic E-state index is 0.972. The summed E-state index contributed by atoms with van der Waals surface area (Å²) >= 11 is 1.93. The first kappa shape index (κ1) is 12.4. The predicted octanol–water partition coefficient (Wildman–Crippen LogP) is 3.16. The van der Waals surface area contributed by atoms with E-state index in [4.69, 9.17) is 0 Å². The van der Waals surface area contributed by atoms with Crippen molar-refractivity contribution < 1.29 is 0 Å². The molecule has 0 aromatic carbocycles. The maximum Gasteiger partial charge on any atom is 0.00553 e. The molecule has 0 saturated heterocycles. The molecule has 0 aromatic heterocycles. The molecule has 1 aliphatic rings. The van der Waals surface area contributed by atoms with E-state index in [9.17, 15) is 0 Å². The van der Waals surface area contributed by atoms with Gasteiger partial charge in [-0.2, -0.15) is 11.8 Å². The largest absolute Gasteiger partial charge is 0.316 e. The van der Waals surface area contributed by atoms with Gasteiger partial charge in [-0.05, 0) is 37.5 Å². The molecule has 0 atom stereocenters. The summed E-state index contributed by atoms with van der Waals surface area (Å²) in [5.41, 5.74) is 0. The van der Waals surface area contributed by atoms with Crippen molar-refractivity contribution in [3.05, 3.63) is 0 Å². The first-order chi connectivity index (χ1) is 6.86. The molecule has 0 spiro atoms. The lowest BCUT2D eigenvalue weighted by Gasteiger charge is -2.27. The summed E-state index contributed by atoms with van der Waals surface area (Å²) in [5.74, 6) is 3.27. The molecule has 1 fully saturated rings. The second-order valence-corrected chi connectivity index (χ2v) is 5.48. The summed E-state index contributed by atoms with van der Waals surface area (Å²) in [5, 5.41) is 3.57. The number of hydrogen-bond donors (Lipinski definition) is 1. The van der Waals surface area contributed by atoms with E-state index < -0.39 is 0 Å². The van der Waals surface area contributed by atoms with Gasteiger partial charge in [0, 0.05) is 12.3 Å². The second kappa shape index (κ2) is 7.58. The predicted molar refractivity (Wildman–Crippen MR) is 67.0 cm³/mol. The van der Waals surface area contributed by atoms with Crippen molar-refractivity contribution in [3.63, 3.8) is 0 Å². The second-order valence-electron chi connectivity index (χ2n) is 4.49. The summed E-state index contributed by atoms with van der Waals surface area (Å²) < 4.78 is 0. The zero-order valence-electron chi connectivity index (χ0n) is 9.72. The van der Waals surface area contributed by atoms with Crippen molar-refractivity contribution >= 4 is 11.8 Å². The normalized spacial score (nSPS) is 27.9. The third-order valence-corrected chi connectivity index (χ3v) is 4.07. The van der Waals surface area contributed by atoms with Crippen molar-refractivity contribution in [1.82, 2.24) is 5.32 Å². The number of rotatable bonds is 6. The molecular formula is C12H25NS. The van der Waals surface area contributed by atoms with Crippen LogP contribution in [0.4, 0.5) is 0 Å². The Bertz CT molecular complexity index is 130. The van der Waals surface area contributed by atoms with Crippen molar-refractivity contribution in [3.8, 4) is 0 Å². The van der Waals surface area contributed by atoms with Gasteiger partial charge in [-0.15, -0.1) is 0 Å². The molecule has 84 valence electrons. The minimum atomic E-state index is 0.972. The number of hydrogen-bond acceptors (Lipinski definition) is 2. The molecular weight excluding hydrogens is 190 g/mol. The van der Waals surface area contributed by atoms with Gasteiger partial charge < -0.3 is 5.32 Å². The lowest BCUT2D eigenvalue weighted by Crippen LogP contribution is -2.27. The Labute approximate surface area is 93.4 Å². The van der Waals surface area contributed by atoms with Gasteiger partial charge in [-0.1, -0.05) is 26.2 Å². The van der Waals surface area contributed by atoms with Crippen LogP contribution in [0.25, 0.3) is 0 Å². The van der Waals surface area contributed by atoms with Gasteiger partial charge in [0.1, 0.15) is 0 Å². The highest BCUT2D eigenvalue weighted by Gasteiger charge is 2.19. The van der Waals surface area contributed by atoms with Crippen LogP contribution < -0.4 is 5.32 Å². The molecule has 0 amide bonds. The Kier molecular flexibility index (Phi) is 6.70. The fourth-order valence-corrected chi connectivity index (χ4v) is 2.67. The smallest absolute Gasteiger partial charge is 0.00553 e. The molecule has 0 heterocycles. The van der Waals surface area contributed by atoms with E-state index in [1.807, 2.05) is 11.8 Å². The SMILES string of the molecule is CCC1CCC(CNCCSC)CC1. The molecule has 0 aliphatic heterocycles. The Morgan fingerprint density at radius 1 is 1.14 bits per heavy atom. The zero-order chi connectivity index (χ0) is 10.2. The summed E-state index contributed by atoms with van der Waals surface area (Å²) in [6, 6.07) is 0. The van der Waals surface area contributed by atoms with Gasteiger partial charge in [0.25, 0.3) is 0 Å². The number of thioether (sulfide) groups is 1. The third-order valence-electron chi connectivity index (χ3n) is 3.46. The van der Waals surface area contributed by atoms with Crippen LogP contribution in [0.2, 0.25) is 0 Å². The molecule has 0 aromatic rings. The first-order valence-electron chi connectivity index (χ1n) is 6.06. The van der Waals surface area contributed by atoms with Gasteiger partial charge in [0.2, 0.25) is 0 Å². The van der Waals surface area contributed by atoms with Crippen LogP contribution in [0.3, 0.4) is 0 Å². The van der Waals surface area contributed by atoms with Crippen LogP contribution in [-0.2, 0) is 0 Å². The maximum atomic E-state index is 3.57. The zero-order valence-corrected chi connectivity index (χ0v) is 10.5. The van der Waals surface area contributed by atoms with Gasteiger partial charge in [-0.3, -0.25) is 0 Å². The molecule has 0 bridgehead atoms. The maximum absolute atomic E-state index is 3.57. The molecule has 14 heavy (non-hydrogen) atoms. The molecule has 1 nitrogen and oxygen atoms in total. The Balaban J connectivity index is 1.98. The molecule has 2 heteroatoms. The van der Waals surface area contributed by atoms with Crippen LogP contribution in [0.15, 0.2) is 0 Å². The number of nitrogens with one attached hydrogen (secondary N) is 1. The van der Waals surface area contributed by atoms with Crippen molar-refractivity contribution in [1.29, 1.82) is 0 Å². The van der Waals surface area contributed by atoms with Gasteiger partial charge in [0.15, 0.2) is 0 Å². The monoisotopic (exact) mass is 215 g/mol. The van der Waals surface area contributed by atoms with Crippen LogP contribution in [0.5, 0.6) is 0 Å². The fourth-order valence-electron chi connectivity index (χ4n) is 2.32. The Morgan fingerprint density at radius 3 is 2.36 bits per heavy atom. The lowest BCUT2D eigenvalue weighted by atomic mass is 9.81. The molecule has 1 saturated carbocycles. The standard InChI is InChI=1S/C12H25NS/c1-3-11-4-6-12(7-5-11)10-13-8-9-14-2/h11-13H,3-10H2,1-2H3. The van der Waals surface area contributed by atoms with Crippen molar-refractivity contribution in [2.24, 2.45) is 11.8 Å². The molecule has 0 unspecified atom stereocenters. The summed E-state index contributed by atoms with van der Waals surface area (Å²) in [6.07, 6.45) is 9.45. The molecule has 0 radical (unpaired) electrons. The van der Waals surface area contributed by atoms with E-state index in [2.05, 4.69) is 18.5 Å². The fraction of sp³-hybridized carbons (Fsp3) is 1.00. The summed E-state index contributed by atoms with van der Waals surface area (Å²) in [7, 11) is 0. The lowest BCUT2D eigenvalue weighted by molar-refractivity contribution is 0.264. The quantitative estimate of drug-likeness (QED) is 0.683. The van der Waals surface area contributed by atoms with Crippen LogP contribution in [-0.4, -0.2) is 25.1 Å². The topological polar surface area (TPSA) is 12.0 Å². The highest BCUT2D eigenvalue weighted by Crippen LogP contribution is 2.29. The van der Waals surface area contributed by atoms with Crippen molar-refractivity contribution in [2.75, 3.05) is 25.1 Å². The third kappa shape index (κ3) is 4.70. The minimum Gasteiger partial charge on any atom is -0.316 e. The van der Waals surface area contributed by atoms with Gasteiger partial charge in [-0.25, -0.2) is 0 Å². The highest BCUT2D eigenvalue weighted by atomic mass is 32.2. The average Bonchev–Trinajstić information content (AvgIpc) is 2.25. The van der Waals surface area contributed by atoms with Crippen LogP contribution >= 0.6 is 11.8 Å². The van der Waals surface area contributed by atoms with E-state index >= 15 is 0 Å². The Morgan fingerprint density at radius 2 is 1.79 bits per heavy atom. The summed E-state index contributed by atoms with van der Waals surface area (Å²) in [4.78, 5) is 0. The molecule has 1 rings (SSSR count).